The number of hydrogen-bond acceptors (Lipinski definition) is 6. The highest BCUT2D eigenvalue weighted by Gasteiger charge is 2.39. The number of carbonyl (C=O) groups excluding carboxylic acids is 4. The summed E-state index contributed by atoms with van der Waals surface area (Å²) in [6.45, 7) is 0.315. The second-order valence-electron chi connectivity index (χ2n) is 6.82. The van der Waals surface area contributed by atoms with Crippen LogP contribution in [0.5, 0.6) is 0 Å². The third-order valence-corrected chi connectivity index (χ3v) is 4.94. The zero-order valence-electron chi connectivity index (χ0n) is 14.8. The van der Waals surface area contributed by atoms with Crippen LogP contribution in [0.3, 0.4) is 0 Å². The molecule has 1 saturated heterocycles. The summed E-state index contributed by atoms with van der Waals surface area (Å²) in [5, 5.41) is 2.29. The average molecular weight is 379 g/mol. The largest absolute Gasteiger partial charge is 0.366 e. The Hall–Kier alpha value is -3.62. The van der Waals surface area contributed by atoms with Crippen LogP contribution in [0.15, 0.2) is 30.6 Å². The lowest BCUT2D eigenvalue weighted by atomic mass is 10.0. The van der Waals surface area contributed by atoms with E-state index in [1.165, 1.54) is 17.3 Å². The second-order valence-corrected chi connectivity index (χ2v) is 6.82. The van der Waals surface area contributed by atoms with E-state index in [2.05, 4.69) is 15.3 Å². The van der Waals surface area contributed by atoms with Gasteiger partial charge in [-0.3, -0.25) is 24.5 Å². The topological polar surface area (TPSA) is 135 Å². The molecule has 9 nitrogen and oxygen atoms in total. The molecule has 2 aromatic rings. The molecule has 1 fully saturated rings. The Bertz CT molecular complexity index is 1000. The molecule has 9 heteroatoms. The third-order valence-electron chi connectivity index (χ3n) is 4.94. The van der Waals surface area contributed by atoms with Crippen molar-refractivity contribution in [1.29, 1.82) is 0 Å². The Morgan fingerprint density at radius 2 is 1.96 bits per heavy atom. The highest BCUT2D eigenvalue weighted by Crippen LogP contribution is 2.28. The molecule has 2 aliphatic rings. The number of primary amides is 1. The monoisotopic (exact) mass is 379 g/mol. The van der Waals surface area contributed by atoms with Gasteiger partial charge in [0.25, 0.3) is 11.8 Å². The van der Waals surface area contributed by atoms with Crippen molar-refractivity contribution in [2.45, 2.75) is 31.8 Å². The number of rotatable bonds is 4. The summed E-state index contributed by atoms with van der Waals surface area (Å²) < 4.78 is 0. The van der Waals surface area contributed by atoms with E-state index < -0.39 is 17.9 Å². The van der Waals surface area contributed by atoms with Crippen LogP contribution in [0.1, 0.15) is 50.5 Å². The van der Waals surface area contributed by atoms with Crippen LogP contribution in [0, 0.1) is 0 Å². The molecule has 0 aliphatic carbocycles. The highest BCUT2D eigenvalue weighted by molar-refractivity contribution is 6.05. The van der Waals surface area contributed by atoms with Crippen LogP contribution >= 0.6 is 0 Å². The normalized spacial score (nSPS) is 18.8. The summed E-state index contributed by atoms with van der Waals surface area (Å²) in [5.74, 6) is -1.01. The van der Waals surface area contributed by atoms with Crippen LogP contribution in [-0.2, 0) is 22.6 Å². The molecule has 28 heavy (non-hydrogen) atoms. The van der Waals surface area contributed by atoms with Crippen LogP contribution in [0.2, 0.25) is 0 Å². The Labute approximate surface area is 159 Å². The summed E-state index contributed by atoms with van der Waals surface area (Å²) in [6, 6.07) is 4.81. The van der Waals surface area contributed by atoms with Crippen LogP contribution in [0.4, 0.5) is 0 Å². The Morgan fingerprint density at radius 1 is 1.21 bits per heavy atom. The van der Waals surface area contributed by atoms with Crippen molar-refractivity contribution in [3.05, 3.63) is 58.7 Å². The summed E-state index contributed by atoms with van der Waals surface area (Å²) in [4.78, 5) is 57.0. The van der Waals surface area contributed by atoms with Gasteiger partial charge in [-0.05, 0) is 23.6 Å². The summed E-state index contributed by atoms with van der Waals surface area (Å²) in [6.07, 6.45) is 3.75. The van der Waals surface area contributed by atoms with E-state index in [4.69, 9.17) is 5.73 Å². The van der Waals surface area contributed by atoms with Gasteiger partial charge in [-0.2, -0.15) is 0 Å². The zero-order valence-corrected chi connectivity index (χ0v) is 14.8. The molecule has 3 heterocycles. The first-order valence-corrected chi connectivity index (χ1v) is 8.79. The van der Waals surface area contributed by atoms with Crippen molar-refractivity contribution in [3.8, 4) is 0 Å². The van der Waals surface area contributed by atoms with Crippen molar-refractivity contribution in [2.24, 2.45) is 5.73 Å². The lowest BCUT2D eigenvalue weighted by Gasteiger charge is -2.29. The lowest BCUT2D eigenvalue weighted by molar-refractivity contribution is -0.136. The maximum absolute atomic E-state index is 12.7. The second kappa shape index (κ2) is 6.84. The molecular formula is C19H17N5O4. The smallest absolute Gasteiger partial charge is 0.255 e. The summed E-state index contributed by atoms with van der Waals surface area (Å²) in [5.41, 5.74) is 7.70. The van der Waals surface area contributed by atoms with E-state index in [9.17, 15) is 19.2 Å². The van der Waals surface area contributed by atoms with Gasteiger partial charge < -0.3 is 10.6 Å². The highest BCUT2D eigenvalue weighted by atomic mass is 16.2. The van der Waals surface area contributed by atoms with Gasteiger partial charge in [0.05, 0.1) is 5.56 Å². The van der Waals surface area contributed by atoms with E-state index in [1.54, 1.807) is 6.07 Å². The third kappa shape index (κ3) is 3.22. The first-order valence-electron chi connectivity index (χ1n) is 8.79. The van der Waals surface area contributed by atoms with E-state index in [-0.39, 0.29) is 23.8 Å². The molecule has 4 rings (SSSR count). The van der Waals surface area contributed by atoms with E-state index in [0.29, 0.717) is 30.8 Å². The first-order chi connectivity index (χ1) is 13.4. The fourth-order valence-electron chi connectivity index (χ4n) is 3.49. The Balaban J connectivity index is 1.51. The fraction of sp³-hybridized carbons (Fsp3) is 0.263. The zero-order chi connectivity index (χ0) is 19.8. The van der Waals surface area contributed by atoms with Crippen molar-refractivity contribution >= 4 is 23.6 Å². The lowest BCUT2D eigenvalue weighted by Crippen LogP contribution is -2.52. The van der Waals surface area contributed by atoms with Gasteiger partial charge in [0, 0.05) is 37.3 Å². The van der Waals surface area contributed by atoms with E-state index in [0.717, 1.165) is 11.1 Å². The molecule has 1 unspecified atom stereocenters. The number of nitrogens with one attached hydrogen (secondary N) is 1. The number of amides is 4. The Morgan fingerprint density at radius 3 is 2.64 bits per heavy atom. The van der Waals surface area contributed by atoms with Gasteiger partial charge in [0.15, 0.2) is 0 Å². The molecule has 142 valence electrons. The predicted octanol–water partition coefficient (Wildman–Crippen LogP) is -0.0727. The minimum absolute atomic E-state index is 0.210. The maximum atomic E-state index is 12.7. The summed E-state index contributed by atoms with van der Waals surface area (Å²) >= 11 is 0. The number of benzene rings is 1. The number of imide groups is 1. The number of piperidine rings is 1. The van der Waals surface area contributed by atoms with Crippen molar-refractivity contribution < 1.29 is 19.2 Å². The van der Waals surface area contributed by atoms with Gasteiger partial charge in [-0.15, -0.1) is 0 Å². The molecular weight excluding hydrogens is 362 g/mol. The average Bonchev–Trinajstić information content (AvgIpc) is 2.98. The van der Waals surface area contributed by atoms with Crippen LogP contribution < -0.4 is 11.1 Å². The van der Waals surface area contributed by atoms with Gasteiger partial charge in [-0.25, -0.2) is 9.97 Å². The SMILES string of the molecule is NC(=O)c1cnc(Cc2ccc3c(c2)CN(C2CCC(=O)NC2=O)C3=O)nc1. The molecule has 0 radical (unpaired) electrons. The number of aromatic nitrogens is 2. The molecule has 3 N–H and O–H groups in total. The maximum Gasteiger partial charge on any atom is 0.255 e. The minimum atomic E-state index is -0.634. The molecule has 2 aliphatic heterocycles. The van der Waals surface area contributed by atoms with Crippen molar-refractivity contribution in [1.82, 2.24) is 20.2 Å². The van der Waals surface area contributed by atoms with E-state index >= 15 is 0 Å². The van der Waals surface area contributed by atoms with Crippen molar-refractivity contribution in [2.75, 3.05) is 0 Å². The van der Waals surface area contributed by atoms with E-state index in [1.807, 2.05) is 12.1 Å². The number of nitrogens with two attached hydrogens (primary N) is 1. The van der Waals surface area contributed by atoms with Crippen LogP contribution in [0.25, 0.3) is 0 Å². The molecule has 0 spiro atoms. The Kier molecular flexibility index (Phi) is 4.34. The van der Waals surface area contributed by atoms with Gasteiger partial charge in [0.1, 0.15) is 11.9 Å². The minimum Gasteiger partial charge on any atom is -0.366 e. The number of carbonyl (C=O) groups is 4. The number of fused-ring (bicyclic) bond motifs is 1. The number of hydrogen-bond donors (Lipinski definition) is 2. The van der Waals surface area contributed by atoms with Gasteiger partial charge >= 0.3 is 0 Å². The molecule has 4 amide bonds. The van der Waals surface area contributed by atoms with Crippen LogP contribution in [-0.4, -0.2) is 44.5 Å². The predicted molar refractivity (Wildman–Crippen MR) is 95.8 cm³/mol. The molecule has 0 bridgehead atoms. The van der Waals surface area contributed by atoms with Crippen molar-refractivity contribution in [3.63, 3.8) is 0 Å². The molecule has 1 atom stereocenters. The fourth-order valence-corrected chi connectivity index (χ4v) is 3.49. The summed E-state index contributed by atoms with van der Waals surface area (Å²) in [7, 11) is 0. The first kappa shape index (κ1) is 17.8. The standard InChI is InChI=1S/C19H17N5O4/c20-17(26)12-7-21-15(22-8-12)6-10-1-2-13-11(5-10)9-24(19(13)28)14-3-4-16(25)23-18(14)27/h1-2,5,7-8,14H,3-4,6,9H2,(H2,20,26)(H,23,25,27). The molecule has 1 aromatic carbocycles. The van der Waals surface area contributed by atoms with Gasteiger partial charge in [0.2, 0.25) is 11.8 Å². The van der Waals surface area contributed by atoms with Gasteiger partial charge in [-0.1, -0.05) is 12.1 Å². The molecule has 0 saturated carbocycles. The number of nitrogens with zero attached hydrogens (tertiary/aromatic N) is 3. The quantitative estimate of drug-likeness (QED) is 0.714. The molecule has 1 aromatic heterocycles.